The molecular weight excluding hydrogens is 289 g/mol. The molecule has 0 aromatic heterocycles. The molecule has 1 aliphatic rings. The number of allylic oxidation sites excluding steroid dienone is 1. The topological polar surface area (TPSA) is 89.8 Å². The number of halogens is 1. The number of carbonyl (C=O) groups excluding carboxylic acids is 1. The average molecular weight is 307 g/mol. The van der Waals surface area contributed by atoms with Crippen molar-refractivity contribution in [3.05, 3.63) is 53.8 Å². The van der Waals surface area contributed by atoms with Crippen molar-refractivity contribution in [2.45, 2.75) is 31.0 Å². The van der Waals surface area contributed by atoms with Gasteiger partial charge in [0, 0.05) is 6.08 Å². The molecule has 118 valence electrons. The summed E-state index contributed by atoms with van der Waals surface area (Å²) in [5.74, 6) is -1.86. The van der Waals surface area contributed by atoms with Crippen LogP contribution < -0.4 is 5.54 Å². The van der Waals surface area contributed by atoms with Gasteiger partial charge in [0.05, 0.1) is 0 Å². The van der Waals surface area contributed by atoms with E-state index in [1.165, 1.54) is 6.08 Å². The van der Waals surface area contributed by atoms with Gasteiger partial charge in [0.15, 0.2) is 0 Å². The molecule has 0 bridgehead atoms. The molecule has 1 aromatic carbocycles. The van der Waals surface area contributed by atoms with Crippen LogP contribution in [0.5, 0.6) is 0 Å². The smallest absolute Gasteiger partial charge is 0.287 e. The highest BCUT2D eigenvalue weighted by Crippen LogP contribution is 2.44. The zero-order valence-electron chi connectivity index (χ0n) is 12.1. The monoisotopic (exact) mass is 307 g/mol. The third-order valence-electron chi connectivity index (χ3n) is 3.85. The van der Waals surface area contributed by atoms with Gasteiger partial charge in [-0.25, -0.2) is 0 Å². The van der Waals surface area contributed by atoms with Gasteiger partial charge in [-0.15, -0.1) is 4.48 Å². The minimum absolute atomic E-state index is 0.00142. The fourth-order valence-electron chi connectivity index (χ4n) is 2.80. The van der Waals surface area contributed by atoms with Crippen LogP contribution in [0.3, 0.4) is 0 Å². The lowest BCUT2D eigenvalue weighted by Crippen LogP contribution is -2.62. The summed E-state index contributed by atoms with van der Waals surface area (Å²) in [5.41, 5.74) is -3.15. The Morgan fingerprint density at radius 2 is 1.91 bits per heavy atom. The van der Waals surface area contributed by atoms with Crippen molar-refractivity contribution in [1.29, 1.82) is 0 Å². The summed E-state index contributed by atoms with van der Waals surface area (Å²) < 4.78 is 12.7. The van der Waals surface area contributed by atoms with E-state index in [2.05, 4.69) is 0 Å². The highest BCUT2D eigenvalue weighted by atomic mass is 19.2. The molecule has 0 saturated heterocycles. The fraction of sp³-hybridized carbons (Fsp3) is 0.312. The van der Waals surface area contributed by atoms with Crippen molar-refractivity contribution in [2.24, 2.45) is 0 Å². The number of aliphatic hydroxyl groups is 3. The zero-order chi connectivity index (χ0) is 16.4. The van der Waals surface area contributed by atoms with Gasteiger partial charge >= 0.3 is 0 Å². The number of carbonyl (C=O) groups is 1. The first-order chi connectivity index (χ1) is 10.4. The number of rotatable bonds is 4. The van der Waals surface area contributed by atoms with Gasteiger partial charge < -0.3 is 15.3 Å². The maximum absolute atomic E-state index is 12.7. The van der Waals surface area contributed by atoms with Crippen molar-refractivity contribution in [2.75, 3.05) is 0 Å². The van der Waals surface area contributed by atoms with Crippen LogP contribution in [0.2, 0.25) is 0 Å². The second kappa shape index (κ2) is 5.90. The molecule has 1 aliphatic carbocycles. The Hall–Kier alpha value is -2.18. The molecule has 2 rings (SSSR count). The molecule has 4 N–H and O–H groups in total. The van der Waals surface area contributed by atoms with Crippen LogP contribution >= 0.6 is 0 Å². The van der Waals surface area contributed by atoms with Crippen LogP contribution in [0, 0.1) is 0 Å². The second-order valence-corrected chi connectivity index (χ2v) is 5.29. The van der Waals surface area contributed by atoms with Crippen LogP contribution in [0.4, 0.5) is 4.48 Å². The van der Waals surface area contributed by atoms with E-state index in [1.54, 1.807) is 37.3 Å². The Bertz CT molecular complexity index is 628. The molecule has 0 aliphatic heterocycles. The van der Waals surface area contributed by atoms with Gasteiger partial charge in [0.2, 0.25) is 5.60 Å². The third-order valence-corrected chi connectivity index (χ3v) is 3.85. The fourth-order valence-corrected chi connectivity index (χ4v) is 2.80. The molecule has 22 heavy (non-hydrogen) atoms. The van der Waals surface area contributed by atoms with Gasteiger partial charge in [-0.2, -0.15) is 5.54 Å². The summed E-state index contributed by atoms with van der Waals surface area (Å²) in [6.07, 6.45) is 2.45. The van der Waals surface area contributed by atoms with E-state index in [9.17, 15) is 24.6 Å². The lowest BCUT2D eigenvalue weighted by molar-refractivity contribution is -0.159. The SMILES string of the molecule is CCCC1(O)C(c2ccccc2)=CC(O)=C[C@@]1(O)C(=O)NF. The van der Waals surface area contributed by atoms with Crippen molar-refractivity contribution in [3.8, 4) is 0 Å². The number of hydrogen-bond acceptors (Lipinski definition) is 4. The van der Waals surface area contributed by atoms with E-state index in [0.717, 1.165) is 11.6 Å². The van der Waals surface area contributed by atoms with Crippen molar-refractivity contribution < 1.29 is 24.6 Å². The first kappa shape index (κ1) is 16.2. The molecule has 5 nitrogen and oxygen atoms in total. The summed E-state index contributed by atoms with van der Waals surface area (Å²) in [5, 5.41) is 31.5. The number of nitrogens with one attached hydrogen (secondary N) is 1. The highest BCUT2D eigenvalue weighted by Gasteiger charge is 2.57. The van der Waals surface area contributed by atoms with Crippen LogP contribution in [-0.4, -0.2) is 32.4 Å². The number of amides is 1. The average Bonchev–Trinajstić information content (AvgIpc) is 2.51. The van der Waals surface area contributed by atoms with Gasteiger partial charge in [-0.3, -0.25) is 4.79 Å². The predicted molar refractivity (Wildman–Crippen MR) is 79.2 cm³/mol. The lowest BCUT2D eigenvalue weighted by atomic mass is 9.69. The summed E-state index contributed by atoms with van der Waals surface area (Å²) in [4.78, 5) is 11.8. The molecule has 0 saturated carbocycles. The van der Waals surface area contributed by atoms with E-state index < -0.39 is 22.9 Å². The maximum Gasteiger partial charge on any atom is 0.287 e. The van der Waals surface area contributed by atoms with Crippen LogP contribution in [0.15, 0.2) is 48.2 Å². The van der Waals surface area contributed by atoms with Crippen LogP contribution in [0.1, 0.15) is 25.3 Å². The van der Waals surface area contributed by atoms with E-state index in [-0.39, 0.29) is 12.0 Å². The molecule has 0 radical (unpaired) electrons. The molecule has 1 unspecified atom stereocenters. The molecule has 0 spiro atoms. The zero-order valence-corrected chi connectivity index (χ0v) is 12.1. The van der Waals surface area contributed by atoms with E-state index >= 15 is 0 Å². The Balaban J connectivity index is 2.66. The van der Waals surface area contributed by atoms with Crippen molar-refractivity contribution in [3.63, 3.8) is 0 Å². The Kier molecular flexibility index (Phi) is 4.35. The van der Waals surface area contributed by atoms with Gasteiger partial charge in [0.1, 0.15) is 11.4 Å². The minimum Gasteiger partial charge on any atom is -0.508 e. The number of hydrogen-bond donors (Lipinski definition) is 4. The Labute approximate surface area is 127 Å². The van der Waals surface area contributed by atoms with Gasteiger partial charge in [-0.05, 0) is 23.6 Å². The molecule has 0 fully saturated rings. The summed E-state index contributed by atoms with van der Waals surface area (Å²) in [7, 11) is 0. The molecule has 1 aromatic rings. The van der Waals surface area contributed by atoms with Crippen LogP contribution in [0.25, 0.3) is 5.57 Å². The molecule has 2 atom stereocenters. The van der Waals surface area contributed by atoms with Crippen molar-refractivity contribution in [1.82, 2.24) is 5.54 Å². The third kappa shape index (κ3) is 2.40. The standard InChI is InChI=1S/C16H18FNO4/c1-2-8-15(21)13(11-6-4-3-5-7-11)9-12(19)10-16(15,22)14(20)18-17/h3-7,9-10,19,21-22H,2,8H2,1H3,(H,18,20)/t15?,16-/m1/s1. The Morgan fingerprint density at radius 3 is 2.45 bits per heavy atom. The van der Waals surface area contributed by atoms with E-state index in [1.807, 2.05) is 0 Å². The molecule has 6 heteroatoms. The Morgan fingerprint density at radius 1 is 1.27 bits per heavy atom. The lowest BCUT2D eigenvalue weighted by Gasteiger charge is -2.43. The summed E-state index contributed by atoms with van der Waals surface area (Å²) in [6, 6.07) is 8.53. The number of aliphatic hydroxyl groups excluding tert-OH is 1. The van der Waals surface area contributed by atoms with Crippen LogP contribution in [-0.2, 0) is 4.79 Å². The number of benzene rings is 1. The largest absolute Gasteiger partial charge is 0.508 e. The first-order valence-corrected chi connectivity index (χ1v) is 6.94. The van der Waals surface area contributed by atoms with Crippen molar-refractivity contribution >= 4 is 11.5 Å². The van der Waals surface area contributed by atoms with Gasteiger partial charge in [-0.1, -0.05) is 43.7 Å². The van der Waals surface area contributed by atoms with Gasteiger partial charge in [0.25, 0.3) is 5.91 Å². The predicted octanol–water partition coefficient (Wildman–Crippen LogP) is 1.79. The second-order valence-electron chi connectivity index (χ2n) is 5.29. The van der Waals surface area contributed by atoms with E-state index in [4.69, 9.17) is 0 Å². The minimum atomic E-state index is -2.61. The molecule has 1 amide bonds. The highest BCUT2D eigenvalue weighted by molar-refractivity contribution is 5.94. The van der Waals surface area contributed by atoms with E-state index in [0.29, 0.717) is 12.0 Å². The molecular formula is C16H18FNO4. The molecule has 0 heterocycles. The first-order valence-electron chi connectivity index (χ1n) is 6.94. The normalized spacial score (nSPS) is 27.8. The summed E-state index contributed by atoms with van der Waals surface area (Å²) >= 11 is 0. The summed E-state index contributed by atoms with van der Waals surface area (Å²) in [6.45, 7) is 1.76. The quantitative estimate of drug-likeness (QED) is 0.638. The maximum atomic E-state index is 12.7.